The summed E-state index contributed by atoms with van der Waals surface area (Å²) in [6.45, 7) is 6.07. The van der Waals surface area contributed by atoms with E-state index in [1.54, 1.807) is 20.8 Å². The first-order valence-corrected chi connectivity index (χ1v) is 18.2. The molecule has 0 radical (unpaired) electrons. The maximum Gasteiger partial charge on any atom is 0.407 e. The molecule has 1 fully saturated rings. The molecule has 2 amide bonds. The van der Waals surface area contributed by atoms with Crippen molar-refractivity contribution >= 4 is 41.1 Å². The number of alkyl carbamates (subject to hydrolysis) is 1. The van der Waals surface area contributed by atoms with Crippen LogP contribution in [-0.2, 0) is 44.5 Å². The van der Waals surface area contributed by atoms with Crippen LogP contribution in [0.25, 0.3) is 0 Å². The van der Waals surface area contributed by atoms with Crippen LogP contribution in [0.3, 0.4) is 0 Å². The van der Waals surface area contributed by atoms with E-state index in [1.807, 2.05) is 0 Å². The van der Waals surface area contributed by atoms with Crippen LogP contribution in [0, 0.1) is 0 Å². The highest BCUT2D eigenvalue weighted by Crippen LogP contribution is 2.52. The normalized spacial score (nSPS) is 24.0. The third-order valence-corrected chi connectivity index (χ3v) is 9.82. The van der Waals surface area contributed by atoms with E-state index in [9.17, 15) is 54.0 Å². The predicted molar refractivity (Wildman–Crippen MR) is 194 cm³/mol. The van der Waals surface area contributed by atoms with E-state index < -0.39 is 126 Å². The third-order valence-electron chi connectivity index (χ3n) is 9.82. The number of carbonyl (C=O) groups is 7. The standard InChI is InChI=1S/C39H46N2O16/c1-17(42)10-11-25(44)40-15-26(45)54-16-24(43)39(52)13-20-29(23(14-39)56-27-12-21(32(46)18(2)55-27)41-37(51)57-38(3,4)5)36(50)31-30(34(20)48)33(47)19-8-7-9-22(53-6)28(19)35(31)49/h7-9,18,21,23,27,32,46,48,50,52H,10-16H2,1-6H3,(H,40,44)(H,41,51)/t18?,21?,23-,27?,32?,39-/m0/s1. The Bertz CT molecular complexity index is 2000. The summed E-state index contributed by atoms with van der Waals surface area (Å²) in [5.41, 5.74) is -5.43. The molecule has 2 aromatic rings. The molecule has 1 heterocycles. The number of benzene rings is 2. The summed E-state index contributed by atoms with van der Waals surface area (Å²) in [5.74, 6) is -6.30. The highest BCUT2D eigenvalue weighted by atomic mass is 16.7. The fourth-order valence-corrected chi connectivity index (χ4v) is 7.05. The Morgan fingerprint density at radius 2 is 1.68 bits per heavy atom. The first kappa shape index (κ1) is 42.7. The molecule has 18 nitrogen and oxygen atoms in total. The van der Waals surface area contributed by atoms with Crippen LogP contribution in [0.5, 0.6) is 17.2 Å². The third kappa shape index (κ3) is 9.09. The monoisotopic (exact) mass is 798 g/mol. The predicted octanol–water partition coefficient (Wildman–Crippen LogP) is 1.60. The summed E-state index contributed by atoms with van der Waals surface area (Å²) in [5, 5.41) is 51.3. The Labute approximate surface area is 326 Å². The van der Waals surface area contributed by atoms with Crippen molar-refractivity contribution in [1.82, 2.24) is 10.6 Å². The molecule has 1 aliphatic heterocycles. The minimum absolute atomic E-state index is 0.0257. The van der Waals surface area contributed by atoms with E-state index in [4.69, 9.17) is 23.7 Å². The Hall–Kier alpha value is -5.43. The topological polar surface area (TPSA) is 271 Å². The number of amides is 2. The van der Waals surface area contributed by atoms with E-state index in [2.05, 4.69) is 10.6 Å². The lowest BCUT2D eigenvalue weighted by Gasteiger charge is -2.43. The number of phenolic OH excluding ortho intramolecular Hbond substituents is 2. The number of rotatable bonds is 12. The van der Waals surface area contributed by atoms with Crippen molar-refractivity contribution in [2.45, 2.75) is 109 Å². The van der Waals surface area contributed by atoms with E-state index in [-0.39, 0.29) is 53.0 Å². The number of ether oxygens (including phenoxy) is 5. The molecule has 2 aliphatic carbocycles. The largest absolute Gasteiger partial charge is 0.507 e. The molecule has 0 spiro atoms. The number of fused-ring (bicyclic) bond motifs is 3. The molecule has 3 aliphatic rings. The Kier molecular flexibility index (Phi) is 12.4. The summed E-state index contributed by atoms with van der Waals surface area (Å²) >= 11 is 0. The van der Waals surface area contributed by atoms with Crippen molar-refractivity contribution in [3.8, 4) is 17.2 Å². The zero-order valence-electron chi connectivity index (χ0n) is 32.3. The second-order valence-electron chi connectivity index (χ2n) is 15.2. The van der Waals surface area contributed by atoms with E-state index in [0.29, 0.717) is 0 Å². The first-order valence-electron chi connectivity index (χ1n) is 18.2. The molecule has 6 N–H and O–H groups in total. The average molecular weight is 799 g/mol. The average Bonchev–Trinajstić information content (AvgIpc) is 3.13. The van der Waals surface area contributed by atoms with Crippen LogP contribution in [-0.4, -0.2) is 118 Å². The van der Waals surface area contributed by atoms with Crippen LogP contribution in [0.2, 0.25) is 0 Å². The summed E-state index contributed by atoms with van der Waals surface area (Å²) in [6.07, 6.45) is -7.82. The molecular weight excluding hydrogens is 752 g/mol. The summed E-state index contributed by atoms with van der Waals surface area (Å²) in [4.78, 5) is 89.8. The SMILES string of the molecule is COc1cccc2c1C(=O)c1c(O)c3c(c(O)c1C2=O)C[C@@](O)(C(=O)COC(=O)CNC(=O)CCC(C)=O)C[C@@H]3OC1CC(NC(=O)OC(C)(C)C)C(O)C(C)O1. The van der Waals surface area contributed by atoms with Gasteiger partial charge in [-0.1, -0.05) is 12.1 Å². The van der Waals surface area contributed by atoms with Crippen molar-refractivity contribution in [3.05, 3.63) is 51.6 Å². The fourth-order valence-electron chi connectivity index (χ4n) is 7.05. The molecule has 1 saturated heterocycles. The molecule has 0 aromatic heterocycles. The molecule has 6 atom stereocenters. The van der Waals surface area contributed by atoms with E-state index in [1.165, 1.54) is 39.2 Å². The molecule has 57 heavy (non-hydrogen) atoms. The lowest BCUT2D eigenvalue weighted by molar-refractivity contribution is -0.249. The smallest absolute Gasteiger partial charge is 0.407 e. The molecule has 18 heteroatoms. The van der Waals surface area contributed by atoms with Gasteiger partial charge in [-0.25, -0.2) is 4.79 Å². The summed E-state index contributed by atoms with van der Waals surface area (Å²) in [6, 6.07) is 3.22. The van der Waals surface area contributed by atoms with Gasteiger partial charge in [0.2, 0.25) is 17.5 Å². The van der Waals surface area contributed by atoms with Gasteiger partial charge in [-0.3, -0.25) is 24.0 Å². The van der Waals surface area contributed by atoms with Crippen molar-refractivity contribution in [2.24, 2.45) is 0 Å². The highest BCUT2D eigenvalue weighted by molar-refractivity contribution is 6.31. The van der Waals surface area contributed by atoms with Gasteiger partial charge in [0.25, 0.3) is 0 Å². The number of hydrogen-bond donors (Lipinski definition) is 6. The quantitative estimate of drug-likeness (QED) is 0.112. The molecule has 5 rings (SSSR count). The number of esters is 1. The Balaban J connectivity index is 1.49. The molecule has 2 aromatic carbocycles. The number of hydrogen-bond acceptors (Lipinski definition) is 16. The molecular formula is C39H46N2O16. The Morgan fingerprint density at radius 1 is 1.00 bits per heavy atom. The van der Waals surface area contributed by atoms with Gasteiger partial charge >= 0.3 is 12.1 Å². The van der Waals surface area contributed by atoms with Gasteiger partial charge in [-0.05, 0) is 40.7 Å². The summed E-state index contributed by atoms with van der Waals surface area (Å²) < 4.78 is 27.8. The number of phenols is 2. The lowest BCUT2D eigenvalue weighted by Crippen LogP contribution is -2.56. The van der Waals surface area contributed by atoms with Gasteiger partial charge in [0.1, 0.15) is 46.9 Å². The minimum atomic E-state index is -2.50. The van der Waals surface area contributed by atoms with Crippen molar-refractivity contribution < 1.29 is 77.7 Å². The van der Waals surface area contributed by atoms with Gasteiger partial charge in [-0.15, -0.1) is 0 Å². The molecule has 0 bridgehead atoms. The highest BCUT2D eigenvalue weighted by Gasteiger charge is 2.51. The first-order chi connectivity index (χ1) is 26.6. The maximum atomic E-state index is 14.0. The minimum Gasteiger partial charge on any atom is -0.507 e. The van der Waals surface area contributed by atoms with Crippen LogP contribution in [0.4, 0.5) is 4.79 Å². The van der Waals surface area contributed by atoms with Crippen LogP contribution >= 0.6 is 0 Å². The van der Waals surface area contributed by atoms with Crippen LogP contribution in [0.15, 0.2) is 18.2 Å². The van der Waals surface area contributed by atoms with Gasteiger partial charge in [0.05, 0.1) is 42.0 Å². The van der Waals surface area contributed by atoms with Crippen molar-refractivity contribution in [2.75, 3.05) is 20.3 Å². The van der Waals surface area contributed by atoms with Crippen LogP contribution < -0.4 is 15.4 Å². The van der Waals surface area contributed by atoms with Crippen LogP contribution in [0.1, 0.15) is 109 Å². The van der Waals surface area contributed by atoms with Gasteiger partial charge in [0.15, 0.2) is 18.7 Å². The van der Waals surface area contributed by atoms with E-state index >= 15 is 0 Å². The second-order valence-corrected chi connectivity index (χ2v) is 15.2. The number of nitrogens with one attached hydrogen (secondary N) is 2. The molecule has 0 saturated carbocycles. The molecule has 308 valence electrons. The van der Waals surface area contributed by atoms with E-state index in [0.717, 1.165) is 0 Å². The van der Waals surface area contributed by atoms with Gasteiger partial charge < -0.3 is 59.5 Å². The number of aliphatic hydroxyl groups is 2. The zero-order valence-corrected chi connectivity index (χ0v) is 32.3. The fraction of sp³-hybridized carbons (Fsp3) is 0.513. The number of aliphatic hydroxyl groups excluding tert-OH is 1. The van der Waals surface area contributed by atoms with Gasteiger partial charge in [0, 0.05) is 48.8 Å². The number of Topliss-reactive ketones (excluding diaryl/α,β-unsaturated/α-hetero) is 2. The number of carbonyl (C=O) groups excluding carboxylic acids is 7. The Morgan fingerprint density at radius 3 is 2.33 bits per heavy atom. The number of aromatic hydroxyl groups is 2. The summed E-state index contributed by atoms with van der Waals surface area (Å²) in [7, 11) is 1.28. The lowest BCUT2D eigenvalue weighted by atomic mass is 9.72. The molecule has 4 unspecified atom stereocenters. The van der Waals surface area contributed by atoms with Gasteiger partial charge in [-0.2, -0.15) is 0 Å². The zero-order chi connectivity index (χ0) is 42.1. The number of ketones is 4. The second kappa shape index (κ2) is 16.6. The van der Waals surface area contributed by atoms with Crippen molar-refractivity contribution in [3.63, 3.8) is 0 Å². The number of methoxy groups -OCH3 is 1. The van der Waals surface area contributed by atoms with Crippen molar-refractivity contribution in [1.29, 1.82) is 0 Å². The maximum absolute atomic E-state index is 14.0.